The number of rotatable bonds is 6. The Morgan fingerprint density at radius 2 is 1.84 bits per heavy atom. The number of aromatic nitrogens is 2. The average molecular weight is 408 g/mol. The van der Waals surface area contributed by atoms with Gasteiger partial charge in [0.1, 0.15) is 11.4 Å². The van der Waals surface area contributed by atoms with Crippen LogP contribution in [0.5, 0.6) is 5.75 Å². The highest BCUT2D eigenvalue weighted by Crippen LogP contribution is 2.27. The van der Waals surface area contributed by atoms with Gasteiger partial charge in [0.05, 0.1) is 30.9 Å². The topological polar surface area (TPSA) is 79.9 Å². The summed E-state index contributed by atoms with van der Waals surface area (Å²) in [4.78, 5) is 13.2. The van der Waals surface area contributed by atoms with Crippen LogP contribution in [-0.2, 0) is 6.42 Å². The molecule has 4 rings (SSSR count). The van der Waals surface area contributed by atoms with Gasteiger partial charge in [0, 0.05) is 17.4 Å². The van der Waals surface area contributed by atoms with Gasteiger partial charge in [-0.25, -0.2) is 4.68 Å². The summed E-state index contributed by atoms with van der Waals surface area (Å²) in [5, 5.41) is 16.4. The molecule has 1 heterocycles. The lowest BCUT2D eigenvalue weighted by Crippen LogP contribution is -2.12. The molecule has 6 nitrogen and oxygen atoms in total. The number of hydrogen-bond donors (Lipinski definition) is 1. The van der Waals surface area contributed by atoms with E-state index in [4.69, 9.17) is 15.1 Å². The quantitative estimate of drug-likeness (QED) is 0.494. The number of methoxy groups -OCH3 is 1. The van der Waals surface area contributed by atoms with Crippen LogP contribution < -0.4 is 10.1 Å². The molecule has 1 aromatic heterocycles. The SMILES string of the molecule is COc1cccc(-c2nn(-c3ccccc3)cc2C(=O)Nc2ccc(CC#N)cc2)c1. The fourth-order valence-electron chi connectivity index (χ4n) is 3.23. The van der Waals surface area contributed by atoms with Crippen LogP contribution in [0.25, 0.3) is 16.9 Å². The van der Waals surface area contributed by atoms with Crippen molar-refractivity contribution in [3.63, 3.8) is 0 Å². The van der Waals surface area contributed by atoms with E-state index in [1.807, 2.05) is 66.7 Å². The number of carbonyl (C=O) groups is 1. The minimum absolute atomic E-state index is 0.270. The summed E-state index contributed by atoms with van der Waals surface area (Å²) in [6, 6.07) is 26.4. The van der Waals surface area contributed by atoms with Crippen molar-refractivity contribution in [2.75, 3.05) is 12.4 Å². The normalized spacial score (nSPS) is 10.3. The van der Waals surface area contributed by atoms with Gasteiger partial charge in [-0.3, -0.25) is 4.79 Å². The molecular formula is C25H20N4O2. The monoisotopic (exact) mass is 408 g/mol. The molecule has 0 aliphatic rings. The lowest BCUT2D eigenvalue weighted by atomic mass is 10.1. The second-order valence-electron chi connectivity index (χ2n) is 6.89. The van der Waals surface area contributed by atoms with Crippen molar-refractivity contribution in [3.05, 3.63) is 96.2 Å². The van der Waals surface area contributed by atoms with Crippen LogP contribution in [0.3, 0.4) is 0 Å². The number of anilines is 1. The lowest BCUT2D eigenvalue weighted by molar-refractivity contribution is 0.102. The van der Waals surface area contributed by atoms with Crippen LogP contribution in [0.1, 0.15) is 15.9 Å². The predicted octanol–water partition coefficient (Wildman–Crippen LogP) is 4.87. The van der Waals surface area contributed by atoms with Crippen molar-refractivity contribution in [1.29, 1.82) is 5.26 Å². The van der Waals surface area contributed by atoms with E-state index in [9.17, 15) is 4.79 Å². The van der Waals surface area contributed by atoms with Crippen molar-refractivity contribution in [1.82, 2.24) is 9.78 Å². The molecule has 0 atom stereocenters. The van der Waals surface area contributed by atoms with Gasteiger partial charge in [-0.15, -0.1) is 0 Å². The van der Waals surface area contributed by atoms with Gasteiger partial charge in [-0.05, 0) is 42.0 Å². The Labute approximate surface area is 180 Å². The number of benzene rings is 3. The zero-order valence-corrected chi connectivity index (χ0v) is 16.9. The van der Waals surface area contributed by atoms with Gasteiger partial charge in [0.15, 0.2) is 0 Å². The summed E-state index contributed by atoms with van der Waals surface area (Å²) in [6.07, 6.45) is 2.06. The first kappa shape index (κ1) is 19.9. The van der Waals surface area contributed by atoms with Gasteiger partial charge in [0.25, 0.3) is 5.91 Å². The molecule has 0 saturated carbocycles. The molecule has 0 unspecified atom stereocenters. The van der Waals surface area contributed by atoms with E-state index in [-0.39, 0.29) is 5.91 Å². The van der Waals surface area contributed by atoms with Crippen molar-refractivity contribution in [3.8, 4) is 28.8 Å². The highest BCUT2D eigenvalue weighted by atomic mass is 16.5. The molecule has 0 aliphatic carbocycles. The van der Waals surface area contributed by atoms with Gasteiger partial charge in [-0.2, -0.15) is 10.4 Å². The fraction of sp³-hybridized carbons (Fsp3) is 0.0800. The maximum Gasteiger partial charge on any atom is 0.259 e. The van der Waals surface area contributed by atoms with E-state index >= 15 is 0 Å². The molecule has 31 heavy (non-hydrogen) atoms. The van der Waals surface area contributed by atoms with Crippen molar-refractivity contribution in [2.45, 2.75) is 6.42 Å². The van der Waals surface area contributed by atoms with Crippen LogP contribution in [-0.4, -0.2) is 22.8 Å². The number of nitrogens with zero attached hydrogens (tertiary/aromatic N) is 3. The molecule has 0 saturated heterocycles. The zero-order chi connectivity index (χ0) is 21.6. The average Bonchev–Trinajstić information content (AvgIpc) is 3.27. The van der Waals surface area contributed by atoms with Gasteiger partial charge >= 0.3 is 0 Å². The van der Waals surface area contributed by atoms with Crippen molar-refractivity contribution in [2.24, 2.45) is 0 Å². The number of hydrogen-bond acceptors (Lipinski definition) is 4. The summed E-state index contributed by atoms with van der Waals surface area (Å²) < 4.78 is 7.03. The molecule has 6 heteroatoms. The number of carbonyl (C=O) groups excluding carboxylic acids is 1. The third-order valence-electron chi connectivity index (χ3n) is 4.82. The summed E-state index contributed by atoms with van der Waals surface area (Å²) in [5.74, 6) is 0.416. The molecule has 152 valence electrons. The second kappa shape index (κ2) is 8.97. The Bertz CT molecular complexity index is 1240. The number of nitriles is 1. The van der Waals surface area contributed by atoms with E-state index in [1.165, 1.54) is 0 Å². The Kier molecular flexibility index (Phi) is 5.77. The first-order valence-electron chi connectivity index (χ1n) is 9.74. The van der Waals surface area contributed by atoms with Gasteiger partial charge < -0.3 is 10.1 Å². The number of amides is 1. The van der Waals surface area contributed by atoms with E-state index in [2.05, 4.69) is 11.4 Å². The third-order valence-corrected chi connectivity index (χ3v) is 4.82. The third kappa shape index (κ3) is 4.46. The molecule has 4 aromatic rings. The van der Waals surface area contributed by atoms with Crippen molar-refractivity contribution < 1.29 is 9.53 Å². The summed E-state index contributed by atoms with van der Waals surface area (Å²) in [7, 11) is 1.60. The maximum atomic E-state index is 13.2. The highest BCUT2D eigenvalue weighted by Gasteiger charge is 2.19. The summed E-state index contributed by atoms with van der Waals surface area (Å²) in [6.45, 7) is 0. The molecule has 0 spiro atoms. The Hall–Kier alpha value is -4.37. The molecule has 1 N–H and O–H groups in total. The second-order valence-corrected chi connectivity index (χ2v) is 6.89. The first-order chi connectivity index (χ1) is 15.2. The molecule has 0 fully saturated rings. The standard InChI is InChI=1S/C25H20N4O2/c1-31-22-9-5-6-19(16-22)24-23(17-29(28-24)21-7-3-2-4-8-21)25(30)27-20-12-10-18(11-13-20)14-15-26/h2-13,16-17H,14H2,1H3,(H,27,30). The molecule has 0 bridgehead atoms. The van der Waals surface area contributed by atoms with Crippen molar-refractivity contribution >= 4 is 11.6 Å². The lowest BCUT2D eigenvalue weighted by Gasteiger charge is -2.07. The minimum Gasteiger partial charge on any atom is -0.497 e. The molecule has 0 aliphatic heterocycles. The molecule has 0 radical (unpaired) electrons. The molecule has 3 aromatic carbocycles. The van der Waals surface area contributed by atoms with Crippen LogP contribution >= 0.6 is 0 Å². The smallest absolute Gasteiger partial charge is 0.259 e. The zero-order valence-electron chi connectivity index (χ0n) is 16.9. The number of nitrogens with one attached hydrogen (secondary N) is 1. The van der Waals surface area contributed by atoms with E-state index in [1.54, 1.807) is 30.1 Å². The van der Waals surface area contributed by atoms with Crippen LogP contribution in [0.2, 0.25) is 0 Å². The first-order valence-corrected chi connectivity index (χ1v) is 9.74. The minimum atomic E-state index is -0.270. The predicted molar refractivity (Wildman–Crippen MR) is 119 cm³/mol. The molecule has 1 amide bonds. The Morgan fingerprint density at radius 1 is 1.06 bits per heavy atom. The largest absolute Gasteiger partial charge is 0.497 e. The Balaban J connectivity index is 1.71. The van der Waals surface area contributed by atoms with Gasteiger partial charge in [-0.1, -0.05) is 42.5 Å². The summed E-state index contributed by atoms with van der Waals surface area (Å²) >= 11 is 0. The highest BCUT2D eigenvalue weighted by molar-refractivity contribution is 6.08. The van der Waals surface area contributed by atoms with Crippen LogP contribution in [0, 0.1) is 11.3 Å². The van der Waals surface area contributed by atoms with Crippen LogP contribution in [0.15, 0.2) is 85.1 Å². The fourth-order valence-corrected chi connectivity index (χ4v) is 3.23. The maximum absolute atomic E-state index is 13.2. The molecular weight excluding hydrogens is 388 g/mol. The van der Waals surface area contributed by atoms with E-state index in [0.717, 1.165) is 16.8 Å². The van der Waals surface area contributed by atoms with E-state index < -0.39 is 0 Å². The number of para-hydroxylation sites is 1. The number of ether oxygens (including phenoxy) is 1. The van der Waals surface area contributed by atoms with Crippen LogP contribution in [0.4, 0.5) is 5.69 Å². The summed E-state index contributed by atoms with van der Waals surface area (Å²) in [5.41, 5.74) is 4.18. The Morgan fingerprint density at radius 3 is 2.55 bits per heavy atom. The van der Waals surface area contributed by atoms with E-state index in [0.29, 0.717) is 29.1 Å². The van der Waals surface area contributed by atoms with Gasteiger partial charge in [0.2, 0.25) is 0 Å².